The minimum absolute atomic E-state index is 0.0246. The second kappa shape index (κ2) is 8.96. The van der Waals surface area contributed by atoms with E-state index in [1.807, 2.05) is 37.3 Å². The summed E-state index contributed by atoms with van der Waals surface area (Å²) in [7, 11) is 0. The number of carbonyl (C=O) groups excluding carboxylic acids is 2. The van der Waals surface area contributed by atoms with E-state index in [0.29, 0.717) is 0 Å². The number of hydrogen-bond donors (Lipinski definition) is 1. The van der Waals surface area contributed by atoms with Crippen LogP contribution >= 0.6 is 11.6 Å². The predicted octanol–water partition coefficient (Wildman–Crippen LogP) is 3.92. The fourth-order valence-electron chi connectivity index (χ4n) is 2.26. The molecule has 0 spiro atoms. The van der Waals surface area contributed by atoms with E-state index >= 15 is 0 Å². The predicted molar refractivity (Wildman–Crippen MR) is 97.2 cm³/mol. The Bertz CT molecular complexity index is 810. The van der Waals surface area contributed by atoms with Crippen molar-refractivity contribution in [2.75, 3.05) is 11.9 Å². The molecule has 2 aromatic carbocycles. The van der Waals surface area contributed by atoms with Crippen LogP contribution in [0.5, 0.6) is 0 Å². The Kier molecular flexibility index (Phi) is 6.68. The van der Waals surface area contributed by atoms with Crippen molar-refractivity contribution in [2.24, 2.45) is 0 Å². The Morgan fingerprint density at radius 3 is 2.54 bits per heavy atom. The molecule has 0 bridgehead atoms. The van der Waals surface area contributed by atoms with Crippen LogP contribution in [0.4, 0.5) is 11.4 Å². The number of nitro groups is 1. The molecule has 7 nitrogen and oxygen atoms in total. The fourth-order valence-corrected chi connectivity index (χ4v) is 2.48. The molecule has 1 amide bonds. The zero-order valence-electron chi connectivity index (χ0n) is 14.0. The van der Waals surface area contributed by atoms with E-state index in [4.69, 9.17) is 16.3 Å². The molecule has 0 aliphatic heterocycles. The van der Waals surface area contributed by atoms with Crippen molar-refractivity contribution in [3.8, 4) is 0 Å². The average molecular weight is 377 g/mol. The topological polar surface area (TPSA) is 98.5 Å². The van der Waals surface area contributed by atoms with Crippen LogP contribution < -0.4 is 5.32 Å². The minimum atomic E-state index is -0.590. The Morgan fingerprint density at radius 1 is 1.23 bits per heavy atom. The molecule has 0 radical (unpaired) electrons. The molecule has 0 aromatic heterocycles. The SMILES string of the molecule is C[C@H](CC(=O)OCC(=O)Nc1ccc([N+](=O)[O-])cc1Cl)c1ccccc1. The van der Waals surface area contributed by atoms with Gasteiger partial charge in [-0.05, 0) is 17.5 Å². The van der Waals surface area contributed by atoms with Crippen molar-refractivity contribution in [1.29, 1.82) is 0 Å². The summed E-state index contributed by atoms with van der Waals surface area (Å²) in [5, 5.41) is 13.1. The molecule has 0 aliphatic rings. The number of hydrogen-bond acceptors (Lipinski definition) is 5. The summed E-state index contributed by atoms with van der Waals surface area (Å²) < 4.78 is 4.97. The van der Waals surface area contributed by atoms with Gasteiger partial charge >= 0.3 is 5.97 Å². The number of nitrogens with zero attached hydrogens (tertiary/aromatic N) is 1. The van der Waals surface area contributed by atoms with Crippen LogP contribution in [0.1, 0.15) is 24.8 Å². The Balaban J connectivity index is 1.83. The maximum absolute atomic E-state index is 11.9. The van der Waals surface area contributed by atoms with Gasteiger partial charge in [0, 0.05) is 12.1 Å². The number of halogens is 1. The quantitative estimate of drug-likeness (QED) is 0.448. The monoisotopic (exact) mass is 376 g/mol. The summed E-state index contributed by atoms with van der Waals surface area (Å²) in [5.41, 5.74) is 1.02. The number of esters is 1. The molecule has 2 rings (SSSR count). The Hall–Kier alpha value is -2.93. The van der Waals surface area contributed by atoms with Gasteiger partial charge in [0.2, 0.25) is 0 Å². The van der Waals surface area contributed by atoms with Crippen LogP contribution in [0.15, 0.2) is 48.5 Å². The lowest BCUT2D eigenvalue weighted by atomic mass is 9.98. The summed E-state index contributed by atoms with van der Waals surface area (Å²) in [6.07, 6.45) is 0.148. The smallest absolute Gasteiger partial charge is 0.306 e. The van der Waals surface area contributed by atoms with E-state index in [1.165, 1.54) is 12.1 Å². The molecular weight excluding hydrogens is 360 g/mol. The third-order valence-corrected chi connectivity index (χ3v) is 3.96. The minimum Gasteiger partial charge on any atom is -0.456 e. The highest BCUT2D eigenvalue weighted by molar-refractivity contribution is 6.34. The van der Waals surface area contributed by atoms with E-state index in [0.717, 1.165) is 11.6 Å². The first-order valence-electron chi connectivity index (χ1n) is 7.81. The number of amides is 1. The highest BCUT2D eigenvalue weighted by Crippen LogP contribution is 2.26. The summed E-state index contributed by atoms with van der Waals surface area (Å²) in [6.45, 7) is 1.43. The van der Waals surface area contributed by atoms with Gasteiger partial charge in [0.25, 0.3) is 11.6 Å². The summed E-state index contributed by atoms with van der Waals surface area (Å²) in [4.78, 5) is 33.8. The van der Waals surface area contributed by atoms with Crippen LogP contribution in [0.25, 0.3) is 0 Å². The van der Waals surface area contributed by atoms with Gasteiger partial charge in [-0.1, -0.05) is 48.9 Å². The van der Waals surface area contributed by atoms with E-state index < -0.39 is 23.4 Å². The maximum atomic E-state index is 11.9. The summed E-state index contributed by atoms with van der Waals surface area (Å²) in [5.74, 6) is -1.11. The molecule has 0 fully saturated rings. The first kappa shape index (κ1) is 19.4. The lowest BCUT2D eigenvalue weighted by molar-refractivity contribution is -0.384. The maximum Gasteiger partial charge on any atom is 0.306 e. The number of ether oxygens (including phenoxy) is 1. The van der Waals surface area contributed by atoms with Gasteiger partial charge in [-0.3, -0.25) is 19.7 Å². The van der Waals surface area contributed by atoms with Gasteiger partial charge in [-0.25, -0.2) is 0 Å². The third-order valence-electron chi connectivity index (χ3n) is 3.64. The highest BCUT2D eigenvalue weighted by atomic mass is 35.5. The number of nitro benzene ring substituents is 1. The molecule has 0 aliphatic carbocycles. The van der Waals surface area contributed by atoms with Gasteiger partial charge in [-0.2, -0.15) is 0 Å². The lowest BCUT2D eigenvalue weighted by Gasteiger charge is -2.12. The van der Waals surface area contributed by atoms with Crippen molar-refractivity contribution >= 4 is 34.9 Å². The molecular formula is C18H17ClN2O5. The first-order chi connectivity index (χ1) is 12.4. The van der Waals surface area contributed by atoms with Crippen molar-refractivity contribution in [2.45, 2.75) is 19.3 Å². The van der Waals surface area contributed by atoms with Crippen molar-refractivity contribution in [3.63, 3.8) is 0 Å². The number of nitrogens with one attached hydrogen (secondary N) is 1. The number of benzene rings is 2. The molecule has 0 unspecified atom stereocenters. The molecule has 26 heavy (non-hydrogen) atoms. The van der Waals surface area contributed by atoms with Crippen LogP contribution in [0.2, 0.25) is 5.02 Å². The van der Waals surface area contributed by atoms with E-state index in [2.05, 4.69) is 5.32 Å². The molecule has 1 atom stereocenters. The second-order valence-corrected chi connectivity index (χ2v) is 6.05. The lowest BCUT2D eigenvalue weighted by Crippen LogP contribution is -2.21. The summed E-state index contributed by atoms with van der Waals surface area (Å²) in [6, 6.07) is 13.2. The van der Waals surface area contributed by atoms with Gasteiger partial charge in [0.1, 0.15) is 0 Å². The number of carbonyl (C=O) groups is 2. The van der Waals surface area contributed by atoms with Gasteiger partial charge in [-0.15, -0.1) is 0 Å². The third kappa shape index (κ3) is 5.56. The van der Waals surface area contributed by atoms with E-state index in [9.17, 15) is 19.7 Å². The van der Waals surface area contributed by atoms with Gasteiger partial charge in [0.05, 0.1) is 22.1 Å². The zero-order valence-corrected chi connectivity index (χ0v) is 14.7. The molecule has 136 valence electrons. The fraction of sp³-hybridized carbons (Fsp3) is 0.222. The Labute approximate surface area is 155 Å². The summed E-state index contributed by atoms with van der Waals surface area (Å²) >= 11 is 5.89. The molecule has 0 heterocycles. The van der Waals surface area contributed by atoms with Crippen molar-refractivity contribution in [1.82, 2.24) is 0 Å². The molecule has 0 saturated heterocycles. The molecule has 1 N–H and O–H groups in total. The van der Waals surface area contributed by atoms with Crippen LogP contribution in [-0.2, 0) is 14.3 Å². The van der Waals surface area contributed by atoms with E-state index in [-0.39, 0.29) is 28.7 Å². The molecule has 2 aromatic rings. The zero-order chi connectivity index (χ0) is 19.1. The molecule has 0 saturated carbocycles. The number of non-ortho nitro benzene ring substituents is 1. The average Bonchev–Trinajstić information content (AvgIpc) is 2.62. The highest BCUT2D eigenvalue weighted by Gasteiger charge is 2.15. The Morgan fingerprint density at radius 2 is 1.92 bits per heavy atom. The van der Waals surface area contributed by atoms with Gasteiger partial charge < -0.3 is 10.1 Å². The van der Waals surface area contributed by atoms with Crippen molar-refractivity contribution in [3.05, 3.63) is 69.2 Å². The van der Waals surface area contributed by atoms with Crippen LogP contribution in [-0.4, -0.2) is 23.4 Å². The number of anilines is 1. The molecule has 8 heteroatoms. The van der Waals surface area contributed by atoms with Gasteiger partial charge in [0.15, 0.2) is 6.61 Å². The standard InChI is InChI=1S/C18H17ClN2O5/c1-12(13-5-3-2-4-6-13)9-18(23)26-11-17(22)20-16-8-7-14(21(24)25)10-15(16)19/h2-8,10,12H,9,11H2,1H3,(H,20,22)/t12-/m1/s1. The van der Waals surface area contributed by atoms with Crippen LogP contribution in [0, 0.1) is 10.1 Å². The van der Waals surface area contributed by atoms with Crippen molar-refractivity contribution < 1.29 is 19.2 Å². The number of rotatable bonds is 7. The largest absolute Gasteiger partial charge is 0.456 e. The van der Waals surface area contributed by atoms with Crippen LogP contribution in [0.3, 0.4) is 0 Å². The van der Waals surface area contributed by atoms with E-state index in [1.54, 1.807) is 0 Å². The second-order valence-electron chi connectivity index (χ2n) is 5.65. The normalized spacial score (nSPS) is 11.5. The first-order valence-corrected chi connectivity index (χ1v) is 8.19.